The lowest BCUT2D eigenvalue weighted by atomic mass is 9.99. The Kier molecular flexibility index (Phi) is 4.24. The van der Waals surface area contributed by atoms with Crippen LogP contribution in [0.4, 0.5) is 10.1 Å². The number of nitrogens with zero attached hydrogens (tertiary/aromatic N) is 1. The highest BCUT2D eigenvalue weighted by molar-refractivity contribution is 6.36. The summed E-state index contributed by atoms with van der Waals surface area (Å²) in [6.07, 6.45) is 0. The normalized spacial score (nSPS) is 17.9. The molecular weight excluding hydrogens is 331 g/mol. The van der Waals surface area contributed by atoms with E-state index in [0.29, 0.717) is 29.2 Å². The number of benzene rings is 2. The van der Waals surface area contributed by atoms with Gasteiger partial charge in [-0.25, -0.2) is 4.39 Å². The maximum atomic E-state index is 13.7. The Labute approximate surface area is 152 Å². The van der Waals surface area contributed by atoms with E-state index in [9.17, 15) is 9.18 Å². The zero-order chi connectivity index (χ0) is 18.3. The Hall–Kier alpha value is -2.66. The second-order valence-corrected chi connectivity index (χ2v) is 6.59. The molecule has 2 aromatic rings. The lowest BCUT2D eigenvalue weighted by molar-refractivity contribution is -0.110. The lowest BCUT2D eigenvalue weighted by Crippen LogP contribution is -2.22. The van der Waals surface area contributed by atoms with Crippen LogP contribution in [0.3, 0.4) is 0 Å². The van der Waals surface area contributed by atoms with Crippen molar-refractivity contribution in [1.82, 2.24) is 4.90 Å². The quantitative estimate of drug-likeness (QED) is 0.845. The van der Waals surface area contributed by atoms with Gasteiger partial charge in [-0.05, 0) is 36.9 Å². The van der Waals surface area contributed by atoms with E-state index in [1.54, 1.807) is 6.07 Å². The summed E-state index contributed by atoms with van der Waals surface area (Å²) in [6.45, 7) is 7.62. The van der Waals surface area contributed by atoms with Gasteiger partial charge in [-0.3, -0.25) is 9.69 Å². The average molecular weight is 352 g/mol. The molecule has 0 saturated carbocycles. The Bertz CT molecular complexity index is 916. The van der Waals surface area contributed by atoms with E-state index in [4.69, 9.17) is 4.74 Å². The number of carbonyl (C=O) groups excluding carboxylic acids is 1. The average Bonchev–Trinajstić information content (AvgIpc) is 3.18. The summed E-state index contributed by atoms with van der Waals surface area (Å²) in [4.78, 5) is 14.8. The topological polar surface area (TPSA) is 41.6 Å². The van der Waals surface area contributed by atoms with Gasteiger partial charge in [0.2, 0.25) is 0 Å². The van der Waals surface area contributed by atoms with E-state index in [-0.39, 0.29) is 11.7 Å². The standard InChI is InChI=1S/C21H21FN2O2/c1-3-24(4-2)11-13-5-7-16-14(9-13)12-26-20(16)19-17-10-15(22)6-8-18(17)23-21(19)25/h5-10H,3-4,11-12H2,1-2H3,(H,23,25). The molecule has 0 aliphatic carbocycles. The second-order valence-electron chi connectivity index (χ2n) is 6.59. The highest BCUT2D eigenvalue weighted by Gasteiger charge is 2.32. The van der Waals surface area contributed by atoms with Gasteiger partial charge in [-0.2, -0.15) is 0 Å². The van der Waals surface area contributed by atoms with Crippen LogP contribution in [0.5, 0.6) is 0 Å². The van der Waals surface area contributed by atoms with E-state index < -0.39 is 0 Å². The van der Waals surface area contributed by atoms with Gasteiger partial charge in [-0.1, -0.05) is 32.0 Å². The molecule has 134 valence electrons. The fraction of sp³-hybridized carbons (Fsp3) is 0.286. The molecular formula is C21H21FN2O2. The van der Waals surface area contributed by atoms with Gasteiger partial charge in [0.15, 0.2) is 0 Å². The van der Waals surface area contributed by atoms with Crippen LogP contribution in [0.15, 0.2) is 36.4 Å². The maximum absolute atomic E-state index is 13.7. The first kappa shape index (κ1) is 16.8. The van der Waals surface area contributed by atoms with Crippen LogP contribution in [-0.4, -0.2) is 23.9 Å². The largest absolute Gasteiger partial charge is 0.487 e. The van der Waals surface area contributed by atoms with Crippen LogP contribution < -0.4 is 5.32 Å². The van der Waals surface area contributed by atoms with E-state index in [1.807, 2.05) is 6.07 Å². The minimum atomic E-state index is -0.369. The number of anilines is 1. The van der Waals surface area contributed by atoms with Gasteiger partial charge in [0.05, 0.1) is 5.57 Å². The molecule has 0 saturated heterocycles. The molecule has 5 heteroatoms. The molecule has 2 aliphatic rings. The molecule has 4 rings (SSSR count). The third-order valence-corrected chi connectivity index (χ3v) is 5.04. The molecule has 0 atom stereocenters. The van der Waals surface area contributed by atoms with E-state index >= 15 is 0 Å². The molecule has 0 spiro atoms. The monoisotopic (exact) mass is 352 g/mol. The van der Waals surface area contributed by atoms with Crippen LogP contribution in [-0.2, 0) is 22.7 Å². The molecule has 2 heterocycles. The van der Waals surface area contributed by atoms with Gasteiger partial charge in [0.1, 0.15) is 18.2 Å². The minimum absolute atomic E-state index is 0.249. The van der Waals surface area contributed by atoms with E-state index in [2.05, 4.69) is 36.2 Å². The third-order valence-electron chi connectivity index (χ3n) is 5.04. The number of fused-ring (bicyclic) bond motifs is 2. The second kappa shape index (κ2) is 6.57. The summed E-state index contributed by atoms with van der Waals surface area (Å²) in [7, 11) is 0. The van der Waals surface area contributed by atoms with Crippen molar-refractivity contribution in [3.05, 3.63) is 64.5 Å². The highest BCUT2D eigenvalue weighted by Crippen LogP contribution is 2.41. The third kappa shape index (κ3) is 2.78. The number of amides is 1. The van der Waals surface area contributed by atoms with Gasteiger partial charge in [0.25, 0.3) is 5.91 Å². The Morgan fingerprint density at radius 3 is 2.69 bits per heavy atom. The summed E-state index contributed by atoms with van der Waals surface area (Å²) in [5.74, 6) is -0.0805. The molecule has 2 aliphatic heterocycles. The SMILES string of the molecule is CCN(CC)Cc1ccc2c(c1)COC2=C1C(=O)Nc2ccc(F)cc21. The first-order valence-electron chi connectivity index (χ1n) is 8.93. The molecule has 2 aromatic carbocycles. The first-order valence-corrected chi connectivity index (χ1v) is 8.93. The minimum Gasteiger partial charge on any atom is -0.487 e. The van der Waals surface area contributed by atoms with Crippen LogP contribution in [0.2, 0.25) is 0 Å². The van der Waals surface area contributed by atoms with Crippen LogP contribution in [0, 0.1) is 5.82 Å². The molecule has 26 heavy (non-hydrogen) atoms. The van der Waals surface area contributed by atoms with Crippen molar-refractivity contribution >= 4 is 22.9 Å². The predicted molar refractivity (Wildman–Crippen MR) is 99.7 cm³/mol. The summed E-state index contributed by atoms with van der Waals surface area (Å²) in [5.41, 5.74) is 4.80. The molecule has 4 nitrogen and oxygen atoms in total. The molecule has 0 unspecified atom stereocenters. The number of carbonyl (C=O) groups is 1. The molecule has 0 bridgehead atoms. The summed E-state index contributed by atoms with van der Waals surface area (Å²) in [6, 6.07) is 10.5. The Morgan fingerprint density at radius 2 is 1.92 bits per heavy atom. The number of rotatable bonds is 4. The maximum Gasteiger partial charge on any atom is 0.260 e. The number of hydrogen-bond donors (Lipinski definition) is 1. The lowest BCUT2D eigenvalue weighted by Gasteiger charge is -2.18. The summed E-state index contributed by atoms with van der Waals surface area (Å²) < 4.78 is 19.5. The number of nitrogens with one attached hydrogen (secondary N) is 1. The smallest absolute Gasteiger partial charge is 0.260 e. The first-order chi connectivity index (χ1) is 12.6. The number of ether oxygens (including phenoxy) is 1. The molecule has 0 radical (unpaired) electrons. The van der Waals surface area contributed by atoms with Gasteiger partial charge in [-0.15, -0.1) is 0 Å². The Morgan fingerprint density at radius 1 is 1.12 bits per heavy atom. The molecule has 1 N–H and O–H groups in total. The van der Waals surface area contributed by atoms with Crippen molar-refractivity contribution in [2.24, 2.45) is 0 Å². The van der Waals surface area contributed by atoms with Gasteiger partial charge >= 0.3 is 0 Å². The molecule has 1 amide bonds. The van der Waals surface area contributed by atoms with Crippen molar-refractivity contribution in [3.63, 3.8) is 0 Å². The van der Waals surface area contributed by atoms with Crippen molar-refractivity contribution in [3.8, 4) is 0 Å². The fourth-order valence-electron chi connectivity index (χ4n) is 3.59. The van der Waals surface area contributed by atoms with E-state index in [1.165, 1.54) is 17.7 Å². The number of hydrogen-bond acceptors (Lipinski definition) is 3. The van der Waals surface area contributed by atoms with Crippen molar-refractivity contribution in [2.45, 2.75) is 27.0 Å². The zero-order valence-corrected chi connectivity index (χ0v) is 14.9. The van der Waals surface area contributed by atoms with Crippen molar-refractivity contribution in [1.29, 1.82) is 0 Å². The Balaban J connectivity index is 1.74. The van der Waals surface area contributed by atoms with Crippen molar-refractivity contribution in [2.75, 3.05) is 18.4 Å². The molecule has 0 fully saturated rings. The van der Waals surface area contributed by atoms with Gasteiger partial charge < -0.3 is 10.1 Å². The van der Waals surface area contributed by atoms with Crippen molar-refractivity contribution < 1.29 is 13.9 Å². The van der Waals surface area contributed by atoms with Crippen LogP contribution in [0.25, 0.3) is 11.3 Å². The fourth-order valence-corrected chi connectivity index (χ4v) is 3.59. The summed E-state index contributed by atoms with van der Waals surface area (Å²) in [5, 5.41) is 2.78. The zero-order valence-electron chi connectivity index (χ0n) is 14.9. The van der Waals surface area contributed by atoms with Gasteiger partial charge in [0, 0.05) is 28.9 Å². The van der Waals surface area contributed by atoms with E-state index in [0.717, 1.165) is 30.8 Å². The van der Waals surface area contributed by atoms with Crippen LogP contribution >= 0.6 is 0 Å². The molecule has 0 aromatic heterocycles. The predicted octanol–water partition coefficient (Wildman–Crippen LogP) is 4.02. The summed E-state index contributed by atoms with van der Waals surface area (Å²) >= 11 is 0. The number of halogens is 1. The van der Waals surface area contributed by atoms with Crippen LogP contribution in [0.1, 0.15) is 36.1 Å². The highest BCUT2D eigenvalue weighted by atomic mass is 19.1.